The number of alkyl halides is 3. The van der Waals surface area contributed by atoms with E-state index < -0.39 is 42.7 Å². The molecule has 0 spiro atoms. The predicted molar refractivity (Wildman–Crippen MR) is 104 cm³/mol. The number of nitrogens with two attached hydrogens (primary N) is 1. The normalized spacial score (nSPS) is 31.0. The lowest BCUT2D eigenvalue weighted by Crippen LogP contribution is -2.61. The molecule has 0 aliphatic carbocycles. The van der Waals surface area contributed by atoms with E-state index in [2.05, 4.69) is 25.6 Å². The van der Waals surface area contributed by atoms with Gasteiger partial charge in [0, 0.05) is 31.0 Å². The number of cyclic esters (lactones) is 1. The highest BCUT2D eigenvalue weighted by atomic mass is 19.4. The molecule has 32 heavy (non-hydrogen) atoms. The number of aromatic nitrogens is 2. The summed E-state index contributed by atoms with van der Waals surface area (Å²) in [4.78, 5) is 25.1. The average Bonchev–Trinajstić information content (AvgIpc) is 3.06. The fourth-order valence-corrected chi connectivity index (χ4v) is 3.78. The predicted octanol–water partition coefficient (Wildman–Crippen LogP) is -0.150. The number of morpholine rings is 1. The van der Waals surface area contributed by atoms with Crippen molar-refractivity contribution in [2.24, 2.45) is 4.99 Å². The van der Waals surface area contributed by atoms with E-state index in [0.29, 0.717) is 6.54 Å². The standard InChI is InChI=1S/C18H22F3N7O4/c1-9-11(8-29)28(16(30)32-9)13-4-17(18(19,20)21,10-5-24-15(22)25-6-10)27-14(26-13)12-7-23-2-3-31-12/h4-6,9,11-12,23,29H,2-3,7-8H2,1H3,(H,26,27)(H2,22,24,25)/t9-,11+,12?,17?/m1/s1. The number of aliphatic hydroxyl groups is 1. The SMILES string of the molecule is C[C@H]1OC(=O)N(C2=CC(c3cnc(N)nc3)(C(F)(F)F)NC(C3CNCCO3)=N2)[C@H]1CO. The number of aliphatic hydroxyl groups excluding tert-OH is 1. The number of carbonyl (C=O) groups is 1. The Hall–Kier alpha value is -2.97. The van der Waals surface area contributed by atoms with Crippen molar-refractivity contribution in [3.63, 3.8) is 0 Å². The van der Waals surface area contributed by atoms with Crippen molar-refractivity contribution in [2.45, 2.75) is 36.9 Å². The minimum absolute atomic E-state index is 0.145. The van der Waals surface area contributed by atoms with E-state index >= 15 is 0 Å². The Bertz CT molecular complexity index is 933. The Morgan fingerprint density at radius 2 is 2.09 bits per heavy atom. The van der Waals surface area contributed by atoms with Crippen molar-refractivity contribution in [1.82, 2.24) is 25.5 Å². The summed E-state index contributed by atoms with van der Waals surface area (Å²) >= 11 is 0. The van der Waals surface area contributed by atoms with Gasteiger partial charge in [0.05, 0.1) is 13.2 Å². The monoisotopic (exact) mass is 457 g/mol. The Morgan fingerprint density at radius 1 is 1.38 bits per heavy atom. The van der Waals surface area contributed by atoms with Crippen LogP contribution in [0.3, 0.4) is 0 Å². The minimum Gasteiger partial charge on any atom is -0.444 e. The van der Waals surface area contributed by atoms with Gasteiger partial charge in [0.2, 0.25) is 5.95 Å². The summed E-state index contributed by atoms with van der Waals surface area (Å²) in [7, 11) is 0. The van der Waals surface area contributed by atoms with Gasteiger partial charge < -0.3 is 30.9 Å². The molecule has 4 heterocycles. The number of hydrogen-bond donors (Lipinski definition) is 4. The highest BCUT2D eigenvalue weighted by Crippen LogP contribution is 2.43. The van der Waals surface area contributed by atoms with Crippen molar-refractivity contribution < 1.29 is 32.5 Å². The zero-order valence-electron chi connectivity index (χ0n) is 17.0. The molecule has 3 aliphatic heterocycles. The van der Waals surface area contributed by atoms with Gasteiger partial charge in [-0.2, -0.15) is 13.2 Å². The first kappa shape index (κ1) is 22.2. The van der Waals surface area contributed by atoms with Crippen LogP contribution in [0.5, 0.6) is 0 Å². The molecule has 0 saturated carbocycles. The molecule has 1 amide bonds. The molecule has 0 aromatic carbocycles. The van der Waals surface area contributed by atoms with E-state index in [1.165, 1.54) is 6.92 Å². The molecule has 2 unspecified atom stereocenters. The van der Waals surface area contributed by atoms with Gasteiger partial charge in [0.1, 0.15) is 29.9 Å². The van der Waals surface area contributed by atoms with Crippen molar-refractivity contribution in [3.05, 3.63) is 29.9 Å². The van der Waals surface area contributed by atoms with E-state index in [9.17, 15) is 23.1 Å². The van der Waals surface area contributed by atoms with Crippen LogP contribution in [-0.2, 0) is 15.0 Å². The number of nitrogens with zero attached hydrogens (tertiary/aromatic N) is 4. The van der Waals surface area contributed by atoms with Crippen LogP contribution in [0.1, 0.15) is 12.5 Å². The summed E-state index contributed by atoms with van der Waals surface area (Å²) in [5.41, 5.74) is 2.25. The number of ether oxygens (including phenoxy) is 2. The summed E-state index contributed by atoms with van der Waals surface area (Å²) in [6.07, 6.45) is -4.76. The number of amides is 1. The van der Waals surface area contributed by atoms with Gasteiger partial charge in [-0.3, -0.25) is 4.90 Å². The second-order valence-corrected chi connectivity index (χ2v) is 7.53. The molecule has 0 radical (unpaired) electrons. The second kappa shape index (κ2) is 8.18. The van der Waals surface area contributed by atoms with E-state index in [0.717, 1.165) is 23.4 Å². The number of aliphatic imine (C=N–C) groups is 1. The molecule has 5 N–H and O–H groups in total. The highest BCUT2D eigenvalue weighted by molar-refractivity contribution is 5.90. The summed E-state index contributed by atoms with van der Waals surface area (Å²) in [6.45, 7) is 2.00. The quantitative estimate of drug-likeness (QED) is 0.485. The zero-order valence-corrected chi connectivity index (χ0v) is 17.0. The van der Waals surface area contributed by atoms with Crippen molar-refractivity contribution in [1.29, 1.82) is 0 Å². The molecule has 2 fully saturated rings. The van der Waals surface area contributed by atoms with Crippen LogP contribution in [0.4, 0.5) is 23.9 Å². The third-order valence-electron chi connectivity index (χ3n) is 5.50. The fraction of sp³-hybridized carbons (Fsp3) is 0.556. The molecular formula is C18H22F3N7O4. The van der Waals surface area contributed by atoms with Gasteiger partial charge >= 0.3 is 12.3 Å². The summed E-state index contributed by atoms with van der Waals surface area (Å²) in [5.74, 6) is -0.680. The lowest BCUT2D eigenvalue weighted by molar-refractivity contribution is -0.182. The lowest BCUT2D eigenvalue weighted by Gasteiger charge is -2.41. The molecule has 4 rings (SSSR count). The maximum absolute atomic E-state index is 14.6. The number of nitrogen functional groups attached to an aromatic ring is 1. The van der Waals surface area contributed by atoms with E-state index in [1.54, 1.807) is 0 Å². The third kappa shape index (κ3) is 3.73. The molecule has 11 nitrogen and oxygen atoms in total. The van der Waals surface area contributed by atoms with Crippen LogP contribution >= 0.6 is 0 Å². The topological polar surface area (TPSA) is 147 Å². The van der Waals surface area contributed by atoms with Gasteiger partial charge in [-0.25, -0.2) is 19.8 Å². The average molecular weight is 457 g/mol. The number of nitrogens with one attached hydrogen (secondary N) is 2. The number of halogens is 3. The zero-order chi connectivity index (χ0) is 23.1. The van der Waals surface area contributed by atoms with Gasteiger partial charge in [0.15, 0.2) is 5.54 Å². The lowest BCUT2D eigenvalue weighted by atomic mass is 9.88. The third-order valence-corrected chi connectivity index (χ3v) is 5.50. The van der Waals surface area contributed by atoms with Crippen molar-refractivity contribution >= 4 is 17.9 Å². The molecule has 4 atom stereocenters. The van der Waals surface area contributed by atoms with E-state index in [-0.39, 0.29) is 36.3 Å². The minimum atomic E-state index is -4.91. The number of hydrogen-bond acceptors (Lipinski definition) is 10. The van der Waals surface area contributed by atoms with Crippen LogP contribution in [0, 0.1) is 0 Å². The number of amidine groups is 1. The highest BCUT2D eigenvalue weighted by Gasteiger charge is 2.59. The van der Waals surface area contributed by atoms with Gasteiger partial charge in [-0.1, -0.05) is 0 Å². The molecule has 0 bridgehead atoms. The second-order valence-electron chi connectivity index (χ2n) is 7.53. The fourth-order valence-electron chi connectivity index (χ4n) is 3.78. The maximum Gasteiger partial charge on any atom is 0.419 e. The smallest absolute Gasteiger partial charge is 0.419 e. The first-order valence-electron chi connectivity index (χ1n) is 9.83. The molecule has 14 heteroatoms. The van der Waals surface area contributed by atoms with Gasteiger partial charge in [0.25, 0.3) is 0 Å². The maximum atomic E-state index is 14.6. The van der Waals surface area contributed by atoms with Gasteiger partial charge in [-0.15, -0.1) is 0 Å². The van der Waals surface area contributed by atoms with Crippen LogP contribution in [-0.4, -0.2) is 82.6 Å². The van der Waals surface area contributed by atoms with Gasteiger partial charge in [-0.05, 0) is 13.0 Å². The van der Waals surface area contributed by atoms with Crippen molar-refractivity contribution in [3.8, 4) is 0 Å². The molecule has 2 saturated heterocycles. The van der Waals surface area contributed by atoms with E-state index in [1.807, 2.05) is 0 Å². The number of rotatable bonds is 4. The summed E-state index contributed by atoms with van der Waals surface area (Å²) in [5, 5.41) is 15.2. The first-order chi connectivity index (χ1) is 15.2. The number of carbonyl (C=O) groups excluding carboxylic acids is 1. The molecule has 1 aromatic heterocycles. The van der Waals surface area contributed by atoms with Crippen LogP contribution in [0.15, 0.2) is 29.3 Å². The molecule has 3 aliphatic rings. The Kier molecular flexibility index (Phi) is 5.68. The molecular weight excluding hydrogens is 435 g/mol. The molecule has 1 aromatic rings. The Morgan fingerprint density at radius 3 is 2.69 bits per heavy atom. The molecule has 174 valence electrons. The first-order valence-corrected chi connectivity index (χ1v) is 9.83. The largest absolute Gasteiger partial charge is 0.444 e. The van der Waals surface area contributed by atoms with Crippen LogP contribution < -0.4 is 16.4 Å². The summed E-state index contributed by atoms with van der Waals surface area (Å²) in [6, 6.07) is -0.921. The van der Waals surface area contributed by atoms with Crippen molar-refractivity contribution in [2.75, 3.05) is 32.0 Å². The van der Waals surface area contributed by atoms with Crippen LogP contribution in [0.25, 0.3) is 0 Å². The summed E-state index contributed by atoms with van der Waals surface area (Å²) < 4.78 is 54.7. The number of anilines is 1. The Balaban J connectivity index is 1.88. The van der Waals surface area contributed by atoms with Crippen LogP contribution in [0.2, 0.25) is 0 Å². The Labute approximate surface area is 180 Å². The van der Waals surface area contributed by atoms with E-state index in [4.69, 9.17) is 15.2 Å².